The summed E-state index contributed by atoms with van der Waals surface area (Å²) in [5.41, 5.74) is 6.85. The molecule has 2 amide bonds. The number of rotatable bonds is 6. The maximum atomic E-state index is 13.6. The van der Waals surface area contributed by atoms with Gasteiger partial charge in [-0.25, -0.2) is 24.1 Å². The van der Waals surface area contributed by atoms with Crippen LogP contribution in [0.2, 0.25) is 0 Å². The third-order valence-electron chi connectivity index (χ3n) is 6.23. The van der Waals surface area contributed by atoms with Crippen molar-refractivity contribution in [1.29, 1.82) is 0 Å². The normalized spacial score (nSPS) is 17.4. The lowest BCUT2D eigenvalue weighted by Gasteiger charge is -2.38. The molecule has 12 heteroatoms. The molecular formula is C28H29FN6O4S. The minimum Gasteiger partial charge on any atom is -0.489 e. The van der Waals surface area contributed by atoms with Crippen molar-refractivity contribution in [2.75, 3.05) is 11.9 Å². The molecule has 0 bridgehead atoms. The topological polar surface area (TPSA) is 133 Å². The molecule has 2 atom stereocenters. The monoisotopic (exact) mass is 564 g/mol. The summed E-state index contributed by atoms with van der Waals surface area (Å²) in [4.78, 5) is 39.9. The van der Waals surface area contributed by atoms with E-state index < -0.39 is 29.7 Å². The van der Waals surface area contributed by atoms with Crippen molar-refractivity contribution in [3.63, 3.8) is 0 Å². The molecule has 1 aliphatic rings. The van der Waals surface area contributed by atoms with Crippen LogP contribution in [0.25, 0.3) is 21.5 Å². The number of benzene rings is 2. The van der Waals surface area contributed by atoms with Gasteiger partial charge < -0.3 is 20.5 Å². The van der Waals surface area contributed by atoms with Crippen LogP contribution in [-0.4, -0.2) is 56.1 Å². The fourth-order valence-corrected chi connectivity index (χ4v) is 5.12. The molecule has 3 N–H and O–H groups in total. The summed E-state index contributed by atoms with van der Waals surface area (Å²) in [5.74, 6) is -0.178. The van der Waals surface area contributed by atoms with Crippen LogP contribution in [0.4, 0.5) is 20.8 Å². The Balaban J connectivity index is 1.43. The summed E-state index contributed by atoms with van der Waals surface area (Å²) in [6.07, 6.45) is 3.07. The molecule has 10 nitrogen and oxygen atoms in total. The van der Waals surface area contributed by atoms with Gasteiger partial charge >= 0.3 is 6.09 Å². The van der Waals surface area contributed by atoms with Crippen molar-refractivity contribution < 1.29 is 23.5 Å². The number of hydrogen-bond acceptors (Lipinski definition) is 9. The summed E-state index contributed by atoms with van der Waals surface area (Å²) in [6.45, 7) is 5.55. The highest BCUT2D eigenvalue weighted by Gasteiger charge is 2.38. The number of halogens is 1. The van der Waals surface area contributed by atoms with Crippen LogP contribution in [-0.2, 0) is 9.53 Å². The molecule has 2 aromatic heterocycles. The average molecular weight is 565 g/mol. The molecule has 1 unspecified atom stereocenters. The molecule has 1 aliphatic heterocycles. The number of fused-ring (bicyclic) bond motifs is 1. The molecule has 1 fully saturated rings. The summed E-state index contributed by atoms with van der Waals surface area (Å²) in [5, 5.41) is 6.39. The Hall–Kier alpha value is -4.32. The van der Waals surface area contributed by atoms with E-state index in [1.54, 1.807) is 51.4 Å². The van der Waals surface area contributed by atoms with Gasteiger partial charge in [0.2, 0.25) is 11.9 Å². The number of piperidine rings is 1. The van der Waals surface area contributed by atoms with Crippen LogP contribution >= 0.6 is 11.3 Å². The molecule has 3 heterocycles. The molecule has 40 heavy (non-hydrogen) atoms. The first-order chi connectivity index (χ1) is 19.1. The first kappa shape index (κ1) is 27.3. The van der Waals surface area contributed by atoms with E-state index in [1.807, 2.05) is 11.4 Å². The zero-order chi connectivity index (χ0) is 28.4. The molecule has 4 aromatic rings. The Morgan fingerprint density at radius 2 is 2.02 bits per heavy atom. The number of thiazole rings is 1. The Kier molecular flexibility index (Phi) is 7.53. The fourth-order valence-electron chi connectivity index (χ4n) is 4.46. The van der Waals surface area contributed by atoms with Crippen LogP contribution in [0, 0.1) is 5.82 Å². The second kappa shape index (κ2) is 11.0. The Bertz CT molecular complexity index is 1540. The molecule has 0 aliphatic carbocycles. The van der Waals surface area contributed by atoms with Crippen LogP contribution < -0.4 is 15.8 Å². The highest BCUT2D eigenvalue weighted by molar-refractivity contribution is 7.13. The number of carbonyl (C=O) groups excluding carboxylic acids is 2. The van der Waals surface area contributed by atoms with Gasteiger partial charge in [0.05, 0.1) is 11.1 Å². The van der Waals surface area contributed by atoms with Crippen molar-refractivity contribution in [3.05, 3.63) is 60.0 Å². The third kappa shape index (κ3) is 6.28. The molecule has 5 rings (SSSR count). The van der Waals surface area contributed by atoms with Crippen molar-refractivity contribution in [2.24, 2.45) is 5.73 Å². The minimum atomic E-state index is -0.873. The van der Waals surface area contributed by atoms with E-state index in [4.69, 9.17) is 15.2 Å². The molecule has 0 radical (unpaired) electrons. The van der Waals surface area contributed by atoms with Crippen LogP contribution in [0.1, 0.15) is 33.6 Å². The zero-order valence-electron chi connectivity index (χ0n) is 22.3. The number of likely N-dealkylation sites (tertiary alicyclic amines) is 1. The van der Waals surface area contributed by atoms with Gasteiger partial charge in [-0.3, -0.25) is 9.69 Å². The van der Waals surface area contributed by atoms with Gasteiger partial charge in [-0.2, -0.15) is 0 Å². The largest absolute Gasteiger partial charge is 0.489 e. The van der Waals surface area contributed by atoms with Gasteiger partial charge in [-0.1, -0.05) is 6.07 Å². The molecular weight excluding hydrogens is 535 g/mol. The molecule has 0 spiro atoms. The number of nitrogens with two attached hydrogens (primary N) is 1. The van der Waals surface area contributed by atoms with E-state index in [1.165, 1.54) is 28.4 Å². The minimum absolute atomic E-state index is 0.208. The van der Waals surface area contributed by atoms with E-state index in [0.29, 0.717) is 29.3 Å². The number of nitrogens with one attached hydrogen (secondary N) is 1. The predicted octanol–water partition coefficient (Wildman–Crippen LogP) is 5.27. The number of nitrogens with zero attached hydrogens (tertiary/aromatic N) is 4. The number of hydrogen-bond donors (Lipinski definition) is 2. The summed E-state index contributed by atoms with van der Waals surface area (Å²) >= 11 is 1.46. The van der Waals surface area contributed by atoms with Gasteiger partial charge in [-0.15, -0.1) is 11.3 Å². The Morgan fingerprint density at radius 3 is 2.73 bits per heavy atom. The first-order valence-electron chi connectivity index (χ1n) is 12.7. The number of primary amides is 1. The van der Waals surface area contributed by atoms with Gasteiger partial charge in [0, 0.05) is 54.3 Å². The zero-order valence-corrected chi connectivity index (χ0v) is 23.1. The quantitative estimate of drug-likeness (QED) is 0.324. The molecule has 208 valence electrons. The number of anilines is 2. The smallest absolute Gasteiger partial charge is 0.410 e. The van der Waals surface area contributed by atoms with E-state index in [2.05, 4.69) is 20.3 Å². The Morgan fingerprint density at radius 1 is 1.20 bits per heavy atom. The fraction of sp³-hybridized carbons (Fsp3) is 0.321. The highest BCUT2D eigenvalue weighted by atomic mass is 32.1. The number of ether oxygens (including phenoxy) is 2. The van der Waals surface area contributed by atoms with Crippen LogP contribution in [0.15, 0.2) is 54.2 Å². The van der Waals surface area contributed by atoms with E-state index in [0.717, 1.165) is 16.0 Å². The van der Waals surface area contributed by atoms with Crippen molar-refractivity contribution in [1.82, 2.24) is 19.9 Å². The summed E-state index contributed by atoms with van der Waals surface area (Å²) in [7, 11) is 0. The third-order valence-corrected chi connectivity index (χ3v) is 7.04. The lowest BCUT2D eigenvalue weighted by Crippen LogP contribution is -2.55. The highest BCUT2D eigenvalue weighted by Crippen LogP contribution is 2.37. The van der Waals surface area contributed by atoms with E-state index >= 15 is 0 Å². The number of carbonyl (C=O) groups is 2. The standard InChI is InChI=1S/C28H29FN6O4S/c1-28(2,3)39-27(37)35-9-7-19(13-22(35)24(30)36)38-23-14-21-16(11-20(23)25-31-8-10-40-25)15-32-26(34-21)33-18-6-4-5-17(29)12-18/h4-6,8,10-12,14-15,19,22H,7,9,13H2,1-3H3,(H2,30,36)(H,32,33,34)/t19-,22?/m0/s1. The maximum Gasteiger partial charge on any atom is 0.410 e. The second-order valence-electron chi connectivity index (χ2n) is 10.4. The SMILES string of the molecule is CC(C)(C)OC(=O)N1CC[C@H](Oc2cc3nc(Nc4cccc(F)c4)ncc3cc2-c2nccs2)CC1C(N)=O. The van der Waals surface area contributed by atoms with Crippen molar-refractivity contribution >= 4 is 45.9 Å². The molecule has 1 saturated heterocycles. The van der Waals surface area contributed by atoms with Gasteiger partial charge in [-0.05, 0) is 45.0 Å². The average Bonchev–Trinajstić information content (AvgIpc) is 3.42. The summed E-state index contributed by atoms with van der Waals surface area (Å²) in [6, 6.07) is 8.85. The van der Waals surface area contributed by atoms with Crippen molar-refractivity contribution in [2.45, 2.75) is 51.4 Å². The van der Waals surface area contributed by atoms with Crippen LogP contribution in [0.3, 0.4) is 0 Å². The van der Waals surface area contributed by atoms with Gasteiger partial charge in [0.25, 0.3) is 0 Å². The molecule has 2 aromatic carbocycles. The number of aromatic nitrogens is 3. The predicted molar refractivity (Wildman–Crippen MR) is 150 cm³/mol. The van der Waals surface area contributed by atoms with Gasteiger partial charge in [0.15, 0.2) is 0 Å². The van der Waals surface area contributed by atoms with Crippen LogP contribution in [0.5, 0.6) is 5.75 Å². The maximum absolute atomic E-state index is 13.6. The summed E-state index contributed by atoms with van der Waals surface area (Å²) < 4.78 is 25.6. The lowest BCUT2D eigenvalue weighted by molar-refractivity contribution is -0.125. The van der Waals surface area contributed by atoms with E-state index in [-0.39, 0.29) is 18.8 Å². The Labute approximate surface area is 234 Å². The van der Waals surface area contributed by atoms with E-state index in [9.17, 15) is 14.0 Å². The first-order valence-corrected chi connectivity index (χ1v) is 13.6. The number of amides is 2. The van der Waals surface area contributed by atoms with Crippen molar-refractivity contribution in [3.8, 4) is 16.3 Å². The van der Waals surface area contributed by atoms with Gasteiger partial charge in [0.1, 0.15) is 34.3 Å². The molecule has 0 saturated carbocycles. The lowest BCUT2D eigenvalue weighted by atomic mass is 9.99. The second-order valence-corrected chi connectivity index (χ2v) is 11.3.